The van der Waals surface area contributed by atoms with Gasteiger partial charge in [0.15, 0.2) is 21.3 Å². The van der Waals surface area contributed by atoms with Crippen LogP contribution in [0.4, 0.5) is 0 Å². The van der Waals surface area contributed by atoms with Crippen LogP contribution in [0.25, 0.3) is 0 Å². The second kappa shape index (κ2) is 7.40. The average molecular weight is 399 g/mol. The summed E-state index contributed by atoms with van der Waals surface area (Å²) in [6.45, 7) is -0.0917. The lowest BCUT2D eigenvalue weighted by atomic mass is 10.2. The van der Waals surface area contributed by atoms with Gasteiger partial charge in [0.1, 0.15) is 11.0 Å². The third-order valence-corrected chi connectivity index (χ3v) is 6.45. The average Bonchev–Trinajstić information content (AvgIpc) is 3.40. The molecular formula is C20H17NO6S. The number of carbonyl (C=O) groups excluding carboxylic acids is 1. The number of sulfone groups is 1. The standard InChI is InChI=1S/C20H17NO6S/c22-20(14-5-2-1-3-6-14)21-12-19(17-7-4-10-25-17)28(23,24)15-8-9-16-18(11-15)27-13-26-16/h1-11,19H,12-13H2,(H,21,22)/t19-/m1/s1. The number of hydrogen-bond acceptors (Lipinski definition) is 6. The number of amides is 1. The molecule has 1 N–H and O–H groups in total. The van der Waals surface area contributed by atoms with Crippen LogP contribution in [0.3, 0.4) is 0 Å². The molecule has 1 atom stereocenters. The molecule has 2 heterocycles. The molecule has 2 aromatic carbocycles. The molecule has 144 valence electrons. The van der Waals surface area contributed by atoms with Crippen molar-refractivity contribution in [2.45, 2.75) is 10.1 Å². The molecule has 8 heteroatoms. The molecule has 3 aromatic rings. The molecule has 28 heavy (non-hydrogen) atoms. The van der Waals surface area contributed by atoms with Gasteiger partial charge >= 0.3 is 0 Å². The molecule has 0 saturated heterocycles. The Labute approximate surface area is 161 Å². The van der Waals surface area contributed by atoms with Gasteiger partial charge in [-0.3, -0.25) is 4.79 Å². The molecule has 1 aliphatic rings. The van der Waals surface area contributed by atoms with Crippen LogP contribution in [0.1, 0.15) is 21.4 Å². The Kier molecular flexibility index (Phi) is 4.79. The summed E-state index contributed by atoms with van der Waals surface area (Å²) >= 11 is 0. The Morgan fingerprint density at radius 3 is 2.54 bits per heavy atom. The van der Waals surface area contributed by atoms with Gasteiger partial charge in [-0.05, 0) is 36.4 Å². The second-order valence-electron chi connectivity index (χ2n) is 6.14. The molecule has 1 aliphatic heterocycles. The SMILES string of the molecule is O=C(NC[C@H](c1ccco1)S(=O)(=O)c1ccc2c(c1)OCO2)c1ccccc1. The van der Waals surface area contributed by atoms with Crippen LogP contribution >= 0.6 is 0 Å². The Morgan fingerprint density at radius 1 is 1.00 bits per heavy atom. The lowest BCUT2D eigenvalue weighted by Crippen LogP contribution is -2.31. The minimum atomic E-state index is -3.87. The number of hydrogen-bond donors (Lipinski definition) is 1. The maximum atomic E-state index is 13.3. The number of rotatable bonds is 6. The molecule has 0 radical (unpaired) electrons. The first-order chi connectivity index (χ1) is 13.6. The number of fused-ring (bicyclic) bond motifs is 1. The maximum absolute atomic E-state index is 13.3. The predicted molar refractivity (Wildman–Crippen MR) is 100.0 cm³/mol. The van der Waals surface area contributed by atoms with Crippen molar-refractivity contribution in [2.75, 3.05) is 13.3 Å². The fraction of sp³-hybridized carbons (Fsp3) is 0.150. The molecule has 0 fully saturated rings. The van der Waals surface area contributed by atoms with Gasteiger partial charge in [0.25, 0.3) is 5.91 Å². The van der Waals surface area contributed by atoms with Gasteiger partial charge in [0, 0.05) is 18.2 Å². The summed E-state index contributed by atoms with van der Waals surface area (Å²) in [5.74, 6) is 0.738. The van der Waals surface area contributed by atoms with E-state index in [0.717, 1.165) is 0 Å². The van der Waals surface area contributed by atoms with Crippen LogP contribution in [0, 0.1) is 0 Å². The van der Waals surface area contributed by atoms with E-state index in [1.807, 2.05) is 0 Å². The summed E-state index contributed by atoms with van der Waals surface area (Å²) < 4.78 is 42.4. The first kappa shape index (κ1) is 18.1. The van der Waals surface area contributed by atoms with Gasteiger partial charge < -0.3 is 19.2 Å². The summed E-state index contributed by atoms with van der Waals surface area (Å²) in [7, 11) is -3.87. The van der Waals surface area contributed by atoms with Crippen molar-refractivity contribution in [3.8, 4) is 11.5 Å². The molecule has 0 aliphatic carbocycles. The normalized spacial score (nSPS) is 13.9. The smallest absolute Gasteiger partial charge is 0.251 e. The fourth-order valence-electron chi connectivity index (χ4n) is 2.93. The van der Waals surface area contributed by atoms with Gasteiger partial charge in [-0.15, -0.1) is 0 Å². The van der Waals surface area contributed by atoms with E-state index in [1.54, 1.807) is 48.5 Å². The molecule has 0 saturated carbocycles. The first-order valence-corrected chi connectivity index (χ1v) is 10.1. The van der Waals surface area contributed by atoms with E-state index in [0.29, 0.717) is 17.1 Å². The van der Waals surface area contributed by atoms with Gasteiger partial charge in [-0.2, -0.15) is 0 Å². The van der Waals surface area contributed by atoms with E-state index in [2.05, 4.69) is 5.32 Å². The zero-order chi connectivity index (χ0) is 19.6. The topological polar surface area (TPSA) is 94.8 Å². The highest BCUT2D eigenvalue weighted by Gasteiger charge is 2.33. The molecule has 7 nitrogen and oxygen atoms in total. The number of furan rings is 1. The number of nitrogens with one attached hydrogen (secondary N) is 1. The summed E-state index contributed by atoms with van der Waals surface area (Å²) in [6, 6.07) is 16.2. The Balaban J connectivity index is 1.62. The summed E-state index contributed by atoms with van der Waals surface area (Å²) in [6.07, 6.45) is 1.40. The minimum Gasteiger partial charge on any atom is -0.468 e. The molecular weight excluding hydrogens is 382 g/mol. The van der Waals surface area contributed by atoms with Crippen LogP contribution in [-0.4, -0.2) is 27.7 Å². The van der Waals surface area contributed by atoms with Crippen LogP contribution < -0.4 is 14.8 Å². The van der Waals surface area contributed by atoms with Crippen molar-refractivity contribution in [3.63, 3.8) is 0 Å². The first-order valence-electron chi connectivity index (χ1n) is 8.56. The Morgan fingerprint density at radius 2 is 1.79 bits per heavy atom. The number of ether oxygens (including phenoxy) is 2. The van der Waals surface area contributed by atoms with Crippen molar-refractivity contribution in [1.29, 1.82) is 0 Å². The van der Waals surface area contributed by atoms with Gasteiger partial charge in [0.2, 0.25) is 6.79 Å². The van der Waals surface area contributed by atoms with Crippen molar-refractivity contribution in [3.05, 3.63) is 78.3 Å². The highest BCUT2D eigenvalue weighted by atomic mass is 32.2. The van der Waals surface area contributed by atoms with Gasteiger partial charge in [0.05, 0.1) is 11.2 Å². The van der Waals surface area contributed by atoms with Gasteiger partial charge in [-0.25, -0.2) is 8.42 Å². The third kappa shape index (κ3) is 3.46. The van der Waals surface area contributed by atoms with Crippen LogP contribution in [-0.2, 0) is 9.84 Å². The number of benzene rings is 2. The molecule has 1 aromatic heterocycles. The summed E-state index contributed by atoms with van der Waals surface area (Å²) in [5.41, 5.74) is 0.446. The molecule has 0 spiro atoms. The Bertz CT molecular complexity index is 1080. The fourth-order valence-corrected chi connectivity index (χ4v) is 4.53. The monoisotopic (exact) mass is 399 g/mol. The van der Waals surface area contributed by atoms with Crippen LogP contribution in [0.15, 0.2) is 76.2 Å². The van der Waals surface area contributed by atoms with E-state index in [9.17, 15) is 13.2 Å². The molecule has 0 unspecified atom stereocenters. The molecule has 0 bridgehead atoms. The zero-order valence-corrected chi connectivity index (χ0v) is 15.5. The third-order valence-electron chi connectivity index (χ3n) is 4.39. The Hall–Kier alpha value is -3.26. The zero-order valence-electron chi connectivity index (χ0n) is 14.7. The summed E-state index contributed by atoms with van der Waals surface area (Å²) in [5, 5.41) is 1.59. The van der Waals surface area contributed by atoms with Crippen molar-refractivity contribution < 1.29 is 27.1 Å². The number of carbonyl (C=O) groups is 1. The van der Waals surface area contributed by atoms with Crippen molar-refractivity contribution in [1.82, 2.24) is 5.32 Å². The quantitative estimate of drug-likeness (QED) is 0.685. The van der Waals surface area contributed by atoms with Crippen LogP contribution in [0.5, 0.6) is 11.5 Å². The maximum Gasteiger partial charge on any atom is 0.251 e. The van der Waals surface area contributed by atoms with E-state index >= 15 is 0 Å². The molecule has 1 amide bonds. The minimum absolute atomic E-state index is 0.0492. The van der Waals surface area contributed by atoms with Crippen LogP contribution in [0.2, 0.25) is 0 Å². The lowest BCUT2D eigenvalue weighted by molar-refractivity contribution is 0.0953. The van der Waals surface area contributed by atoms with E-state index in [-0.39, 0.29) is 29.9 Å². The second-order valence-corrected chi connectivity index (χ2v) is 8.27. The van der Waals surface area contributed by atoms with Crippen molar-refractivity contribution in [2.24, 2.45) is 0 Å². The van der Waals surface area contributed by atoms with Crippen molar-refractivity contribution >= 4 is 15.7 Å². The van der Waals surface area contributed by atoms with E-state index < -0.39 is 15.1 Å². The van der Waals surface area contributed by atoms with E-state index in [1.165, 1.54) is 18.4 Å². The summed E-state index contributed by atoms with van der Waals surface area (Å²) in [4.78, 5) is 12.4. The lowest BCUT2D eigenvalue weighted by Gasteiger charge is -2.17. The predicted octanol–water partition coefficient (Wildman–Crippen LogP) is 2.95. The van der Waals surface area contributed by atoms with E-state index in [4.69, 9.17) is 13.9 Å². The van der Waals surface area contributed by atoms with Gasteiger partial charge in [-0.1, -0.05) is 18.2 Å². The highest BCUT2D eigenvalue weighted by molar-refractivity contribution is 7.91. The molecule has 4 rings (SSSR count). The largest absolute Gasteiger partial charge is 0.468 e. The highest BCUT2D eigenvalue weighted by Crippen LogP contribution is 2.37.